The van der Waals surface area contributed by atoms with E-state index < -0.39 is 35.3 Å². The molecule has 0 unspecified atom stereocenters. The summed E-state index contributed by atoms with van der Waals surface area (Å²) in [5.74, 6) is -0.377. The Kier molecular flexibility index (Phi) is 8.36. The molecule has 0 aliphatic carbocycles. The smallest absolute Gasteiger partial charge is 0.286 e. The number of hydrogen-bond donors (Lipinski definition) is 2. The summed E-state index contributed by atoms with van der Waals surface area (Å²) < 4.78 is 12.3. The predicted molar refractivity (Wildman–Crippen MR) is 154 cm³/mol. The number of hydrogen-bond acceptors (Lipinski definition) is 9. The van der Waals surface area contributed by atoms with Crippen molar-refractivity contribution in [1.29, 1.82) is 0 Å². The van der Waals surface area contributed by atoms with Gasteiger partial charge in [0.1, 0.15) is 23.8 Å². The lowest BCUT2D eigenvalue weighted by atomic mass is 9.84. The van der Waals surface area contributed by atoms with Crippen LogP contribution in [-0.4, -0.2) is 44.6 Å². The van der Waals surface area contributed by atoms with Crippen LogP contribution in [0.25, 0.3) is 11.4 Å². The number of methoxy groups -OCH3 is 1. The zero-order valence-electron chi connectivity index (χ0n) is 24.0. The van der Waals surface area contributed by atoms with E-state index in [1.807, 2.05) is 44.2 Å². The quantitative estimate of drug-likeness (QED) is 0.278. The lowest BCUT2D eigenvalue weighted by molar-refractivity contribution is -0.122. The normalized spacial score (nSPS) is 12.3. The van der Waals surface area contributed by atoms with E-state index in [0.29, 0.717) is 22.8 Å². The molecule has 0 saturated heterocycles. The lowest BCUT2D eigenvalue weighted by Crippen LogP contribution is -2.46. The molecule has 0 fully saturated rings. The van der Waals surface area contributed by atoms with Gasteiger partial charge in [0.15, 0.2) is 0 Å². The van der Waals surface area contributed by atoms with Gasteiger partial charge in [-0.3, -0.25) is 19.0 Å². The van der Waals surface area contributed by atoms with Crippen molar-refractivity contribution in [2.75, 3.05) is 12.8 Å². The number of rotatable bonds is 10. The minimum absolute atomic E-state index is 0.0492. The van der Waals surface area contributed by atoms with Crippen LogP contribution in [0.3, 0.4) is 0 Å². The Morgan fingerprint density at radius 2 is 1.73 bits per heavy atom. The first-order valence-corrected chi connectivity index (χ1v) is 13.2. The molecule has 4 aromatic rings. The van der Waals surface area contributed by atoms with Gasteiger partial charge in [-0.05, 0) is 44.4 Å². The monoisotopic (exact) mass is 558 g/mol. The van der Waals surface area contributed by atoms with Gasteiger partial charge in [-0.25, -0.2) is 4.98 Å². The predicted octanol–water partition coefficient (Wildman–Crippen LogP) is 3.54. The number of nitrogen functional groups attached to an aromatic ring is 1. The second kappa shape index (κ2) is 11.7. The number of aryl methyl sites for hydroxylation is 1. The van der Waals surface area contributed by atoms with E-state index in [4.69, 9.17) is 14.9 Å². The minimum Gasteiger partial charge on any atom is -0.497 e. The molecule has 0 saturated carbocycles. The molecule has 0 aliphatic rings. The van der Waals surface area contributed by atoms with Crippen LogP contribution >= 0.6 is 0 Å². The summed E-state index contributed by atoms with van der Waals surface area (Å²) in [6.45, 7) is 8.62. The molecule has 4 rings (SSSR count). The topological polar surface area (TPSA) is 155 Å². The number of amides is 1. The Labute approximate surface area is 237 Å². The van der Waals surface area contributed by atoms with Gasteiger partial charge in [0.2, 0.25) is 17.6 Å². The number of aromatic nitrogens is 4. The average molecular weight is 559 g/mol. The first-order valence-electron chi connectivity index (χ1n) is 13.2. The molecule has 214 valence electrons. The molecular formula is C30H34N6O5. The fraction of sp³-hybridized carbons (Fsp3) is 0.333. The molecule has 0 spiro atoms. The molecule has 11 nitrogen and oxygen atoms in total. The summed E-state index contributed by atoms with van der Waals surface area (Å²) in [5, 5.41) is 10.9. The van der Waals surface area contributed by atoms with Crippen LogP contribution in [0.15, 0.2) is 63.8 Å². The highest BCUT2D eigenvalue weighted by molar-refractivity contribution is 5.98. The van der Waals surface area contributed by atoms with Crippen LogP contribution in [0.2, 0.25) is 0 Å². The third-order valence-corrected chi connectivity index (χ3v) is 6.98. The van der Waals surface area contributed by atoms with E-state index in [0.717, 1.165) is 5.56 Å². The largest absolute Gasteiger partial charge is 0.497 e. The first-order chi connectivity index (χ1) is 19.4. The maximum Gasteiger partial charge on any atom is 0.286 e. The fourth-order valence-corrected chi connectivity index (χ4v) is 4.37. The molecule has 41 heavy (non-hydrogen) atoms. The Bertz CT molecular complexity index is 1610. The molecule has 0 radical (unpaired) electrons. The van der Waals surface area contributed by atoms with Gasteiger partial charge in [-0.15, -0.1) is 10.2 Å². The molecule has 2 aromatic heterocycles. The van der Waals surface area contributed by atoms with E-state index in [9.17, 15) is 14.4 Å². The van der Waals surface area contributed by atoms with Crippen molar-refractivity contribution in [3.63, 3.8) is 0 Å². The summed E-state index contributed by atoms with van der Waals surface area (Å²) in [6, 6.07) is 15.5. The molecule has 2 heterocycles. The molecule has 0 bridgehead atoms. The number of ketones is 1. The number of nitrogens with zero attached hydrogens (tertiary/aromatic N) is 4. The molecular weight excluding hydrogens is 524 g/mol. The summed E-state index contributed by atoms with van der Waals surface area (Å²) in [4.78, 5) is 44.2. The number of ether oxygens (including phenoxy) is 1. The number of nitrogens with one attached hydrogen (secondary N) is 1. The zero-order chi connectivity index (χ0) is 29.9. The van der Waals surface area contributed by atoms with Gasteiger partial charge in [0, 0.05) is 5.56 Å². The number of benzene rings is 2. The maximum absolute atomic E-state index is 13.5. The second-order valence-corrected chi connectivity index (χ2v) is 10.6. The second-order valence-electron chi connectivity index (χ2n) is 10.6. The number of anilines is 1. The van der Waals surface area contributed by atoms with Crippen molar-refractivity contribution in [2.45, 2.75) is 52.6 Å². The van der Waals surface area contributed by atoms with Crippen LogP contribution in [-0.2, 0) is 16.8 Å². The number of nitrogens with two attached hydrogens (primary N) is 1. The molecule has 11 heteroatoms. The highest BCUT2D eigenvalue weighted by atomic mass is 16.5. The highest BCUT2D eigenvalue weighted by Crippen LogP contribution is 2.32. The van der Waals surface area contributed by atoms with E-state index >= 15 is 0 Å². The van der Waals surface area contributed by atoms with E-state index in [1.54, 1.807) is 52.1 Å². The Morgan fingerprint density at radius 3 is 2.34 bits per heavy atom. The van der Waals surface area contributed by atoms with E-state index in [-0.39, 0.29) is 23.4 Å². The summed E-state index contributed by atoms with van der Waals surface area (Å²) in [7, 11) is 1.59. The number of carbonyl (C=O) groups is 2. The molecule has 2 aromatic carbocycles. The Hall–Kier alpha value is -4.80. The summed E-state index contributed by atoms with van der Waals surface area (Å²) in [5.41, 5.74) is 6.58. The van der Waals surface area contributed by atoms with Crippen molar-refractivity contribution in [3.05, 3.63) is 88.0 Å². The van der Waals surface area contributed by atoms with E-state index in [1.165, 1.54) is 4.57 Å². The van der Waals surface area contributed by atoms with Crippen molar-refractivity contribution in [1.82, 2.24) is 25.1 Å². The van der Waals surface area contributed by atoms with Crippen LogP contribution in [0, 0.1) is 12.8 Å². The van der Waals surface area contributed by atoms with E-state index in [2.05, 4.69) is 20.5 Å². The minimum atomic E-state index is -0.980. The third-order valence-electron chi connectivity index (χ3n) is 6.98. The Morgan fingerprint density at radius 1 is 1.07 bits per heavy atom. The molecule has 0 aliphatic heterocycles. The van der Waals surface area contributed by atoms with Crippen molar-refractivity contribution in [3.8, 4) is 17.1 Å². The lowest BCUT2D eigenvalue weighted by Gasteiger charge is -2.22. The van der Waals surface area contributed by atoms with Gasteiger partial charge >= 0.3 is 0 Å². The van der Waals surface area contributed by atoms with Gasteiger partial charge in [-0.1, -0.05) is 56.3 Å². The maximum atomic E-state index is 13.5. The van der Waals surface area contributed by atoms with Crippen LogP contribution in [0.4, 0.5) is 5.69 Å². The summed E-state index contributed by atoms with van der Waals surface area (Å²) >= 11 is 0. The van der Waals surface area contributed by atoms with Crippen molar-refractivity contribution >= 4 is 17.4 Å². The van der Waals surface area contributed by atoms with Crippen LogP contribution in [0.1, 0.15) is 55.5 Å². The van der Waals surface area contributed by atoms with Crippen molar-refractivity contribution < 1.29 is 18.7 Å². The van der Waals surface area contributed by atoms with Crippen LogP contribution in [0.5, 0.6) is 5.75 Å². The third kappa shape index (κ3) is 6.03. The van der Waals surface area contributed by atoms with Crippen molar-refractivity contribution in [2.24, 2.45) is 5.92 Å². The highest BCUT2D eigenvalue weighted by Gasteiger charge is 2.34. The average Bonchev–Trinajstić information content (AvgIpc) is 3.47. The standard InChI is InChI=1S/C30H34N6O5/c1-17(2)24(25(38)27-34-35-29(41-27)30(4,5)20-12-14-21(40-6)15-13-20)33-22(37)16-36-26(19-10-8-7-9-11-19)32-18(3)23(31)28(36)39/h7-15,17,24H,16,31H2,1-6H3,(H,33,37)/t24-/m1/s1. The van der Waals surface area contributed by atoms with Gasteiger partial charge in [0.05, 0.1) is 24.3 Å². The SMILES string of the molecule is COc1ccc(C(C)(C)c2nnc(C(=O)[C@H](NC(=O)Cn3c(-c4ccccc4)nc(C)c(N)c3=O)C(C)C)o2)cc1. The number of Topliss-reactive ketones (excluding diaryl/α,β-unsaturated/α-hetero) is 1. The Balaban J connectivity index is 1.57. The molecule has 3 N–H and O–H groups in total. The molecule has 1 atom stereocenters. The van der Waals surface area contributed by atoms with Gasteiger partial charge in [-0.2, -0.15) is 0 Å². The number of carbonyl (C=O) groups excluding carboxylic acids is 2. The molecule has 1 amide bonds. The zero-order valence-corrected chi connectivity index (χ0v) is 24.0. The van der Waals surface area contributed by atoms with Gasteiger partial charge in [0.25, 0.3) is 11.4 Å². The van der Waals surface area contributed by atoms with Crippen LogP contribution < -0.4 is 21.3 Å². The first kappa shape index (κ1) is 29.2. The summed E-state index contributed by atoms with van der Waals surface area (Å²) in [6.07, 6.45) is 0. The fourth-order valence-electron chi connectivity index (χ4n) is 4.37. The van der Waals surface area contributed by atoms with Gasteiger partial charge < -0.3 is 20.2 Å².